The van der Waals surface area contributed by atoms with Crippen molar-refractivity contribution in [3.8, 4) is 0 Å². The highest BCUT2D eigenvalue weighted by Crippen LogP contribution is 2.15. The molecule has 20 heavy (non-hydrogen) atoms. The second kappa shape index (κ2) is 7.83. The second-order valence-electron chi connectivity index (χ2n) is 4.22. The van der Waals surface area contributed by atoms with E-state index in [4.69, 9.17) is 0 Å². The van der Waals surface area contributed by atoms with E-state index in [0.717, 1.165) is 10.6 Å². The predicted octanol–water partition coefficient (Wildman–Crippen LogP) is 0.186. The van der Waals surface area contributed by atoms with Crippen LogP contribution in [0.25, 0.3) is 0 Å². The van der Waals surface area contributed by atoms with Crippen LogP contribution in [0.15, 0.2) is 24.3 Å². The van der Waals surface area contributed by atoms with Crippen molar-refractivity contribution in [1.29, 1.82) is 0 Å². The highest BCUT2D eigenvalue weighted by Gasteiger charge is 2.07. The Bertz CT molecular complexity index is 507. The van der Waals surface area contributed by atoms with Crippen molar-refractivity contribution in [3.63, 3.8) is 0 Å². The maximum absolute atomic E-state index is 11.1. The van der Waals surface area contributed by atoms with Crippen molar-refractivity contribution in [1.82, 2.24) is 4.90 Å². The van der Waals surface area contributed by atoms with E-state index in [-0.39, 0.29) is 12.5 Å². The fourth-order valence-corrected chi connectivity index (χ4v) is 1.91. The number of hydrogen-bond acceptors (Lipinski definition) is 7. The number of likely N-dealkylation sites (N-methyl/N-ethyl adjacent to an activating group) is 1. The number of esters is 1. The molecule has 0 radical (unpaired) electrons. The molecule has 0 aliphatic carbocycles. The summed E-state index contributed by atoms with van der Waals surface area (Å²) < 4.78 is 30.0. The minimum absolute atomic E-state index is 0.206. The van der Waals surface area contributed by atoms with Gasteiger partial charge < -0.3 is 4.74 Å². The van der Waals surface area contributed by atoms with E-state index in [0.29, 0.717) is 12.2 Å². The number of methoxy groups -OCH3 is 1. The van der Waals surface area contributed by atoms with Crippen LogP contribution in [-0.2, 0) is 31.3 Å². The Labute approximate surface area is 119 Å². The van der Waals surface area contributed by atoms with E-state index >= 15 is 0 Å². The molecule has 0 aromatic heterocycles. The van der Waals surface area contributed by atoms with E-state index in [9.17, 15) is 13.2 Å². The van der Waals surface area contributed by atoms with Crippen molar-refractivity contribution in [2.75, 3.05) is 32.8 Å². The number of carbonyl (C=O) groups is 1. The van der Waals surface area contributed by atoms with Gasteiger partial charge in [0.25, 0.3) is 11.0 Å². The fraction of sp³-hybridized carbons (Fsp3) is 0.417. The molecular formula is C12H18N2O5S. The molecule has 7 nitrogen and oxygen atoms in total. The molecule has 0 N–H and O–H groups in total. The van der Waals surface area contributed by atoms with Gasteiger partial charge in [-0.3, -0.25) is 9.69 Å². The standard InChI is InChI=1S/C12H18N2O5S/c1-13(9-12(15)18-3)8-10-4-6-11(7-5-10)14(2)19-20(16)17/h4-7,20H,8-9H2,1-3H3. The summed E-state index contributed by atoms with van der Waals surface area (Å²) in [4.78, 5) is 12.9. The van der Waals surface area contributed by atoms with Crippen molar-refractivity contribution >= 4 is 22.6 Å². The van der Waals surface area contributed by atoms with Crippen LogP contribution in [0.3, 0.4) is 0 Å². The minimum Gasteiger partial charge on any atom is -0.468 e. The number of benzene rings is 1. The number of anilines is 1. The SMILES string of the molecule is COC(=O)CN(C)Cc1ccc(N(C)O[SH](=O)=O)cc1. The Balaban J connectivity index is 2.60. The predicted molar refractivity (Wildman–Crippen MR) is 74.6 cm³/mol. The smallest absolute Gasteiger partial charge is 0.319 e. The van der Waals surface area contributed by atoms with Crippen LogP contribution in [0.2, 0.25) is 0 Å². The van der Waals surface area contributed by atoms with Crippen molar-refractivity contribution in [3.05, 3.63) is 29.8 Å². The molecule has 0 saturated carbocycles. The molecule has 0 bridgehead atoms. The van der Waals surface area contributed by atoms with Gasteiger partial charge in [0, 0.05) is 13.6 Å². The lowest BCUT2D eigenvalue weighted by Gasteiger charge is -2.17. The van der Waals surface area contributed by atoms with Crippen LogP contribution in [0.4, 0.5) is 5.69 Å². The van der Waals surface area contributed by atoms with Crippen molar-refractivity contribution in [2.24, 2.45) is 0 Å². The number of hydrogen-bond donors (Lipinski definition) is 1. The summed E-state index contributed by atoms with van der Waals surface area (Å²) in [6.07, 6.45) is 0. The van der Waals surface area contributed by atoms with E-state index in [1.54, 1.807) is 12.1 Å². The first-order valence-corrected chi connectivity index (χ1v) is 6.92. The third-order valence-electron chi connectivity index (χ3n) is 2.57. The maximum atomic E-state index is 11.1. The molecule has 0 unspecified atom stereocenters. The quantitative estimate of drug-likeness (QED) is 0.437. The lowest BCUT2D eigenvalue weighted by molar-refractivity contribution is -0.141. The van der Waals surface area contributed by atoms with Gasteiger partial charge in [-0.05, 0) is 24.7 Å². The van der Waals surface area contributed by atoms with Crippen molar-refractivity contribution < 1.29 is 22.2 Å². The second-order valence-corrected chi connectivity index (χ2v) is 4.83. The van der Waals surface area contributed by atoms with E-state index < -0.39 is 11.0 Å². The Morgan fingerprint density at radius 2 is 1.80 bits per heavy atom. The van der Waals surface area contributed by atoms with Crippen LogP contribution in [0.5, 0.6) is 0 Å². The number of nitrogens with zero attached hydrogens (tertiary/aromatic N) is 2. The zero-order chi connectivity index (χ0) is 15.1. The van der Waals surface area contributed by atoms with Gasteiger partial charge in [0.2, 0.25) is 0 Å². The van der Waals surface area contributed by atoms with Gasteiger partial charge in [0.15, 0.2) is 0 Å². The molecule has 0 aliphatic heterocycles. The largest absolute Gasteiger partial charge is 0.468 e. The Kier molecular flexibility index (Phi) is 6.43. The molecule has 0 aliphatic rings. The molecule has 0 saturated heterocycles. The van der Waals surface area contributed by atoms with Gasteiger partial charge in [-0.15, -0.1) is 0 Å². The summed E-state index contributed by atoms with van der Waals surface area (Å²) in [5.41, 5.74) is 1.60. The summed E-state index contributed by atoms with van der Waals surface area (Å²) in [5, 5.41) is 1.16. The van der Waals surface area contributed by atoms with Gasteiger partial charge in [0.1, 0.15) is 0 Å². The van der Waals surface area contributed by atoms with E-state index in [1.165, 1.54) is 14.2 Å². The molecule has 112 valence electrons. The van der Waals surface area contributed by atoms with Gasteiger partial charge >= 0.3 is 5.97 Å². The molecule has 1 rings (SSSR count). The Morgan fingerprint density at radius 1 is 1.20 bits per heavy atom. The van der Waals surface area contributed by atoms with Crippen LogP contribution >= 0.6 is 0 Å². The number of ether oxygens (including phenoxy) is 1. The lowest BCUT2D eigenvalue weighted by Crippen LogP contribution is -2.26. The molecule has 0 spiro atoms. The minimum atomic E-state index is -2.93. The van der Waals surface area contributed by atoms with Gasteiger partial charge in [-0.1, -0.05) is 12.1 Å². The summed E-state index contributed by atoms with van der Waals surface area (Å²) in [7, 11) is 1.73. The number of carbonyl (C=O) groups excluding carboxylic acids is 1. The average Bonchev–Trinajstić information content (AvgIpc) is 2.38. The van der Waals surface area contributed by atoms with Crippen LogP contribution in [-0.4, -0.2) is 47.0 Å². The zero-order valence-corrected chi connectivity index (χ0v) is 12.5. The van der Waals surface area contributed by atoms with Crippen molar-refractivity contribution in [2.45, 2.75) is 6.54 Å². The van der Waals surface area contributed by atoms with Crippen LogP contribution in [0.1, 0.15) is 5.56 Å². The summed E-state index contributed by atoms with van der Waals surface area (Å²) in [6, 6.07) is 7.14. The van der Waals surface area contributed by atoms with Gasteiger partial charge in [-0.2, -0.15) is 4.28 Å². The van der Waals surface area contributed by atoms with E-state index in [2.05, 4.69) is 9.02 Å². The third-order valence-corrected chi connectivity index (χ3v) is 2.95. The zero-order valence-electron chi connectivity index (χ0n) is 11.6. The topological polar surface area (TPSA) is 76.2 Å². The molecule has 1 aromatic rings. The summed E-state index contributed by atoms with van der Waals surface area (Å²) in [5.74, 6) is -0.295. The highest BCUT2D eigenvalue weighted by atomic mass is 32.2. The lowest BCUT2D eigenvalue weighted by atomic mass is 10.2. The average molecular weight is 302 g/mol. The molecular weight excluding hydrogens is 284 g/mol. The Hall–Kier alpha value is -1.64. The van der Waals surface area contributed by atoms with Crippen LogP contribution in [0, 0.1) is 0 Å². The monoisotopic (exact) mass is 302 g/mol. The molecule has 0 amide bonds. The van der Waals surface area contributed by atoms with E-state index in [1.807, 2.05) is 24.1 Å². The van der Waals surface area contributed by atoms with Gasteiger partial charge in [-0.25, -0.2) is 13.5 Å². The van der Waals surface area contributed by atoms with Crippen LogP contribution < -0.4 is 5.06 Å². The molecule has 1 aromatic carbocycles. The number of rotatable bonds is 7. The summed E-state index contributed by atoms with van der Waals surface area (Å²) >= 11 is 0. The normalized spacial score (nSPS) is 10.8. The molecule has 0 atom stereocenters. The van der Waals surface area contributed by atoms with Gasteiger partial charge in [0.05, 0.1) is 19.3 Å². The molecule has 0 heterocycles. The first-order valence-electron chi connectivity index (χ1n) is 5.83. The third kappa shape index (κ3) is 5.55. The fourth-order valence-electron chi connectivity index (χ4n) is 1.61. The molecule has 8 heteroatoms. The first-order chi connectivity index (χ1) is 9.42. The maximum Gasteiger partial charge on any atom is 0.319 e. The highest BCUT2D eigenvalue weighted by molar-refractivity contribution is 7.67. The Morgan fingerprint density at radius 3 is 2.30 bits per heavy atom. The number of hydroxylamine groups is 1. The molecule has 0 fully saturated rings. The summed E-state index contributed by atoms with van der Waals surface area (Å²) in [6.45, 7) is 0.785. The first kappa shape index (κ1) is 16.4. The number of thiol groups is 1.